The molecular formula is C6H8FNO3S. The molecule has 1 aliphatic heterocycles. The topological polar surface area (TPSA) is 61.6 Å². The third-order valence-corrected chi connectivity index (χ3v) is 0.924. The molecule has 0 aromatic heterocycles. The Balaban J connectivity index is 0.000000217. The van der Waals surface area contributed by atoms with Crippen LogP contribution in [0.4, 0.5) is 3.89 Å². The van der Waals surface area contributed by atoms with E-state index in [0.717, 1.165) is 0 Å². The van der Waals surface area contributed by atoms with Crippen molar-refractivity contribution >= 4 is 10.5 Å². The maximum Gasteiger partial charge on any atom is 0.255 e. The second-order valence-electron chi connectivity index (χ2n) is 1.82. The number of quaternary nitrogens is 1. The average molecular weight is 193 g/mol. The van der Waals surface area contributed by atoms with Gasteiger partial charge in [-0.25, -0.2) is 8.42 Å². The molecule has 1 N–H and O–H groups in total. The highest BCUT2D eigenvalue weighted by atomic mass is 32.3. The monoisotopic (exact) mass is 193 g/mol. The normalized spacial score (nSPS) is 15.5. The lowest BCUT2D eigenvalue weighted by Crippen LogP contribution is -2.96. The van der Waals surface area contributed by atoms with Gasteiger partial charge in [0.05, 0.1) is 6.20 Å². The van der Waals surface area contributed by atoms with E-state index in [0.29, 0.717) is 0 Å². The zero-order valence-electron chi connectivity index (χ0n) is 6.10. The van der Waals surface area contributed by atoms with Crippen LogP contribution in [0.2, 0.25) is 0 Å². The maximum atomic E-state index is 10.1. The fraction of sp³-hybridized carbons (Fsp3) is 0. The first-order valence-electron chi connectivity index (χ1n) is 2.93. The first kappa shape index (κ1) is 11.0. The third kappa shape index (κ3) is 9.02. The van der Waals surface area contributed by atoms with Crippen molar-refractivity contribution < 1.29 is 21.8 Å². The van der Waals surface area contributed by atoms with Crippen molar-refractivity contribution in [3.63, 3.8) is 0 Å². The van der Waals surface area contributed by atoms with Gasteiger partial charge in [0.2, 0.25) is 0 Å². The van der Waals surface area contributed by atoms with E-state index in [-0.39, 0.29) is 0 Å². The van der Waals surface area contributed by atoms with Crippen LogP contribution in [0.25, 0.3) is 0 Å². The number of nitrogens with one attached hydrogen (secondary N) is 1. The molecule has 1 aliphatic rings. The lowest BCUT2D eigenvalue weighted by Gasteiger charge is -1.91. The Morgan fingerprint density at radius 3 is 1.92 bits per heavy atom. The van der Waals surface area contributed by atoms with Crippen molar-refractivity contribution in [3.8, 4) is 0 Å². The van der Waals surface area contributed by atoms with Crippen molar-refractivity contribution in [1.29, 1.82) is 0 Å². The van der Waals surface area contributed by atoms with Gasteiger partial charge < -0.3 is 4.55 Å². The van der Waals surface area contributed by atoms with Crippen LogP contribution in [0, 0.1) is 0 Å². The van der Waals surface area contributed by atoms with Crippen LogP contribution >= 0.6 is 0 Å². The molecule has 0 aromatic rings. The molecule has 0 spiro atoms. The van der Waals surface area contributed by atoms with Crippen LogP contribution in [0.3, 0.4) is 0 Å². The van der Waals surface area contributed by atoms with Gasteiger partial charge in [-0.05, 0) is 18.7 Å². The van der Waals surface area contributed by atoms with E-state index in [2.05, 4.69) is 6.58 Å². The molecule has 0 fully saturated rings. The zero-order chi connectivity index (χ0) is 9.61. The Kier molecular flexibility index (Phi) is 4.42. The number of halogens is 1. The highest BCUT2D eigenvalue weighted by molar-refractivity contribution is 7.80. The van der Waals surface area contributed by atoms with Gasteiger partial charge in [-0.2, -0.15) is 0 Å². The van der Waals surface area contributed by atoms with Crippen molar-refractivity contribution in [2.45, 2.75) is 0 Å². The number of rotatable bonds is 1. The van der Waals surface area contributed by atoms with Crippen molar-refractivity contribution in [2.24, 2.45) is 0 Å². The SMILES string of the molecule is C=C[NH+]1C=CC=C1.O=S(=O)([O-])F. The van der Waals surface area contributed by atoms with Crippen LogP contribution in [-0.2, 0) is 10.5 Å². The number of allylic oxidation sites excluding steroid dienone is 2. The minimum atomic E-state index is -5.42. The Bertz CT molecular complexity index is 274. The largest absolute Gasteiger partial charge is 0.722 e. The molecule has 0 saturated carbocycles. The number of hydrogen-bond donors (Lipinski definition) is 1. The Hall–Kier alpha value is -0.980. The van der Waals surface area contributed by atoms with Crippen LogP contribution in [0.1, 0.15) is 0 Å². The Labute approximate surface area is 70.3 Å². The molecule has 12 heavy (non-hydrogen) atoms. The predicted molar refractivity (Wildman–Crippen MR) is 40.2 cm³/mol. The van der Waals surface area contributed by atoms with Crippen molar-refractivity contribution in [2.75, 3.05) is 0 Å². The van der Waals surface area contributed by atoms with Gasteiger partial charge in [0, 0.05) is 0 Å². The molecule has 0 saturated heterocycles. The van der Waals surface area contributed by atoms with Crippen LogP contribution in [0.5, 0.6) is 0 Å². The standard InChI is InChI=1S/C6H7N.FHO3S/c1-2-7-5-3-4-6-7;1-5(2,3)4/h2-6H,1H2;(H,2,3,4). The molecule has 0 bridgehead atoms. The summed E-state index contributed by atoms with van der Waals surface area (Å²) in [4.78, 5) is 1.19. The molecule has 0 aliphatic carbocycles. The summed E-state index contributed by atoms with van der Waals surface area (Å²) in [6, 6.07) is 0. The molecule has 4 nitrogen and oxygen atoms in total. The molecule has 1 heterocycles. The predicted octanol–water partition coefficient (Wildman–Crippen LogP) is -0.528. The average Bonchev–Trinajstić information content (AvgIpc) is 2.33. The first-order valence-corrected chi connectivity index (χ1v) is 4.24. The van der Waals surface area contributed by atoms with Gasteiger partial charge in [-0.15, -0.1) is 3.89 Å². The van der Waals surface area contributed by atoms with E-state index < -0.39 is 10.5 Å². The van der Waals surface area contributed by atoms with Crippen LogP contribution < -0.4 is 4.90 Å². The molecule has 6 heteroatoms. The zero-order valence-corrected chi connectivity index (χ0v) is 6.92. The van der Waals surface area contributed by atoms with Crippen molar-refractivity contribution in [3.05, 3.63) is 37.3 Å². The van der Waals surface area contributed by atoms with Gasteiger partial charge in [-0.1, -0.05) is 0 Å². The Morgan fingerprint density at radius 1 is 1.42 bits per heavy atom. The second-order valence-corrected chi connectivity index (χ2v) is 2.60. The molecule has 68 valence electrons. The van der Waals surface area contributed by atoms with E-state index in [1.807, 2.05) is 30.8 Å². The van der Waals surface area contributed by atoms with Gasteiger partial charge >= 0.3 is 0 Å². The molecule has 0 unspecified atom stereocenters. The fourth-order valence-electron chi connectivity index (χ4n) is 0.525. The minimum Gasteiger partial charge on any atom is -0.722 e. The summed E-state index contributed by atoms with van der Waals surface area (Å²) in [7, 11) is -5.42. The second kappa shape index (κ2) is 4.81. The van der Waals surface area contributed by atoms with E-state index in [4.69, 9.17) is 13.0 Å². The first-order chi connectivity index (χ1) is 5.43. The molecule has 0 atom stereocenters. The quantitative estimate of drug-likeness (QED) is 0.450. The maximum absolute atomic E-state index is 10.1. The summed E-state index contributed by atoms with van der Waals surface area (Å²) in [5.74, 6) is 0. The fourth-order valence-corrected chi connectivity index (χ4v) is 0.525. The summed E-state index contributed by atoms with van der Waals surface area (Å²) in [5, 5.41) is 0. The third-order valence-electron chi connectivity index (χ3n) is 0.924. The summed E-state index contributed by atoms with van der Waals surface area (Å²) in [5.41, 5.74) is 0. The summed E-state index contributed by atoms with van der Waals surface area (Å²) in [6.45, 7) is 3.60. The van der Waals surface area contributed by atoms with Gasteiger partial charge in [0.25, 0.3) is 10.5 Å². The van der Waals surface area contributed by atoms with E-state index in [1.54, 1.807) is 0 Å². The molecule has 0 radical (unpaired) electrons. The minimum absolute atomic E-state index is 1.19. The Morgan fingerprint density at radius 2 is 1.75 bits per heavy atom. The van der Waals surface area contributed by atoms with Crippen LogP contribution in [-0.4, -0.2) is 13.0 Å². The van der Waals surface area contributed by atoms with Gasteiger partial charge in [0.1, 0.15) is 12.4 Å². The lowest BCUT2D eigenvalue weighted by molar-refractivity contribution is -0.725. The highest BCUT2D eigenvalue weighted by Crippen LogP contribution is 1.74. The molecular weight excluding hydrogens is 185 g/mol. The summed E-state index contributed by atoms with van der Waals surface area (Å²) >= 11 is 0. The molecule has 1 rings (SSSR count). The van der Waals surface area contributed by atoms with E-state index >= 15 is 0 Å². The van der Waals surface area contributed by atoms with Gasteiger partial charge in [-0.3, -0.25) is 4.90 Å². The molecule has 0 amide bonds. The van der Waals surface area contributed by atoms with E-state index in [9.17, 15) is 3.89 Å². The summed E-state index contributed by atoms with van der Waals surface area (Å²) in [6.07, 6.45) is 9.87. The van der Waals surface area contributed by atoms with Crippen LogP contribution in [0.15, 0.2) is 37.3 Å². The smallest absolute Gasteiger partial charge is 0.255 e. The van der Waals surface area contributed by atoms with Gasteiger partial charge in [0.15, 0.2) is 0 Å². The lowest BCUT2D eigenvalue weighted by atomic mass is 10.6. The molecule has 0 aromatic carbocycles. The highest BCUT2D eigenvalue weighted by Gasteiger charge is 1.93. The number of hydrogen-bond acceptors (Lipinski definition) is 3. The van der Waals surface area contributed by atoms with Crippen molar-refractivity contribution in [1.82, 2.24) is 0 Å². The van der Waals surface area contributed by atoms with E-state index in [1.165, 1.54) is 4.90 Å². The summed E-state index contributed by atoms with van der Waals surface area (Å²) < 4.78 is 35.3.